The zero-order chi connectivity index (χ0) is 14.6. The summed E-state index contributed by atoms with van der Waals surface area (Å²) in [5.41, 5.74) is 3.31. The van der Waals surface area contributed by atoms with E-state index in [1.807, 2.05) is 7.05 Å². The molecule has 0 saturated carbocycles. The van der Waals surface area contributed by atoms with E-state index in [1.165, 1.54) is 48.0 Å². The molecule has 1 aromatic rings. The van der Waals surface area contributed by atoms with Gasteiger partial charge in [0.25, 0.3) is 0 Å². The highest BCUT2D eigenvalue weighted by atomic mass is 79.9. The van der Waals surface area contributed by atoms with Crippen LogP contribution in [-0.4, -0.2) is 25.0 Å². The van der Waals surface area contributed by atoms with E-state index < -0.39 is 0 Å². The van der Waals surface area contributed by atoms with Crippen LogP contribution in [0.3, 0.4) is 0 Å². The second kappa shape index (κ2) is 7.06. The molecule has 1 fully saturated rings. The molecule has 0 amide bonds. The van der Waals surface area contributed by atoms with E-state index >= 15 is 0 Å². The van der Waals surface area contributed by atoms with Crippen LogP contribution in [-0.2, 0) is 13.1 Å². The van der Waals surface area contributed by atoms with Gasteiger partial charge in [-0.25, -0.2) is 0 Å². The van der Waals surface area contributed by atoms with Crippen molar-refractivity contribution in [3.63, 3.8) is 0 Å². The van der Waals surface area contributed by atoms with Gasteiger partial charge in [0.15, 0.2) is 0 Å². The maximum Gasteiger partial charge on any atom is 0.0245 e. The zero-order valence-corrected chi connectivity index (χ0v) is 14.6. The van der Waals surface area contributed by atoms with Crippen molar-refractivity contribution in [1.82, 2.24) is 10.2 Å². The van der Waals surface area contributed by atoms with Gasteiger partial charge in [0, 0.05) is 24.1 Å². The van der Waals surface area contributed by atoms with Gasteiger partial charge in [-0.2, -0.15) is 0 Å². The molecule has 1 saturated heterocycles. The first kappa shape index (κ1) is 16.0. The van der Waals surface area contributed by atoms with E-state index in [1.54, 1.807) is 0 Å². The van der Waals surface area contributed by atoms with Crippen LogP contribution >= 0.6 is 15.9 Å². The largest absolute Gasteiger partial charge is 0.316 e. The Morgan fingerprint density at radius 1 is 1.30 bits per heavy atom. The quantitative estimate of drug-likeness (QED) is 0.836. The van der Waals surface area contributed by atoms with Crippen molar-refractivity contribution in [2.75, 3.05) is 20.1 Å². The summed E-state index contributed by atoms with van der Waals surface area (Å²) in [6.45, 7) is 9.18. The van der Waals surface area contributed by atoms with E-state index in [0.29, 0.717) is 5.41 Å². The molecule has 112 valence electrons. The van der Waals surface area contributed by atoms with Gasteiger partial charge in [-0.05, 0) is 55.5 Å². The molecule has 0 unspecified atom stereocenters. The van der Waals surface area contributed by atoms with Gasteiger partial charge >= 0.3 is 0 Å². The topological polar surface area (TPSA) is 15.3 Å². The van der Waals surface area contributed by atoms with Crippen molar-refractivity contribution in [2.24, 2.45) is 5.41 Å². The summed E-state index contributed by atoms with van der Waals surface area (Å²) in [6.07, 6.45) is 3.97. The van der Waals surface area contributed by atoms with Crippen LogP contribution < -0.4 is 5.32 Å². The number of rotatable bonds is 6. The van der Waals surface area contributed by atoms with Gasteiger partial charge in [-0.1, -0.05) is 41.9 Å². The first-order chi connectivity index (χ1) is 9.62. The molecule has 1 aliphatic heterocycles. The minimum absolute atomic E-state index is 0.568. The van der Waals surface area contributed by atoms with E-state index in [-0.39, 0.29) is 0 Å². The smallest absolute Gasteiger partial charge is 0.0245 e. The molecule has 2 nitrogen and oxygen atoms in total. The summed E-state index contributed by atoms with van der Waals surface area (Å²) in [7, 11) is 1.99. The third kappa shape index (κ3) is 3.63. The van der Waals surface area contributed by atoms with Crippen molar-refractivity contribution >= 4 is 15.9 Å². The van der Waals surface area contributed by atoms with Crippen molar-refractivity contribution in [1.29, 1.82) is 0 Å². The Balaban J connectivity index is 2.01. The number of hydrogen-bond acceptors (Lipinski definition) is 2. The maximum absolute atomic E-state index is 3.73. The van der Waals surface area contributed by atoms with Gasteiger partial charge in [-0.15, -0.1) is 0 Å². The molecule has 1 N–H and O–H groups in total. The average Bonchev–Trinajstić information content (AvgIpc) is 2.86. The van der Waals surface area contributed by atoms with Gasteiger partial charge < -0.3 is 5.32 Å². The lowest BCUT2D eigenvalue weighted by molar-refractivity contribution is 0.236. The Morgan fingerprint density at radius 3 is 2.60 bits per heavy atom. The van der Waals surface area contributed by atoms with E-state index in [0.717, 1.165) is 13.1 Å². The molecule has 20 heavy (non-hydrogen) atoms. The molecule has 0 bridgehead atoms. The Morgan fingerprint density at radius 2 is 2.05 bits per heavy atom. The second-order valence-corrected chi connectivity index (χ2v) is 6.98. The number of nitrogens with zero attached hydrogens (tertiary/aromatic N) is 1. The first-order valence-corrected chi connectivity index (χ1v) is 8.56. The fourth-order valence-corrected chi connectivity index (χ4v) is 3.82. The Kier molecular flexibility index (Phi) is 5.65. The summed E-state index contributed by atoms with van der Waals surface area (Å²) in [5, 5.41) is 3.20. The number of nitrogens with one attached hydrogen (secondary N) is 1. The van der Waals surface area contributed by atoms with Gasteiger partial charge in [-0.3, -0.25) is 4.90 Å². The highest BCUT2D eigenvalue weighted by molar-refractivity contribution is 9.10. The fraction of sp³-hybridized carbons (Fsp3) is 0.647. The minimum atomic E-state index is 0.568. The SMILES string of the molecule is CCC1(CC)CCN(Cc2ccc(CNC)cc2Br)C1. The van der Waals surface area contributed by atoms with Crippen LogP contribution in [0.2, 0.25) is 0 Å². The van der Waals surface area contributed by atoms with Crippen LogP contribution in [0.5, 0.6) is 0 Å². The predicted octanol–water partition coefficient (Wildman–Crippen LogP) is 4.18. The normalized spacial score (nSPS) is 18.6. The molecule has 1 heterocycles. The molecule has 0 atom stereocenters. The number of likely N-dealkylation sites (tertiary alicyclic amines) is 1. The van der Waals surface area contributed by atoms with E-state index in [9.17, 15) is 0 Å². The second-order valence-electron chi connectivity index (χ2n) is 6.12. The summed E-state index contributed by atoms with van der Waals surface area (Å²) in [6, 6.07) is 6.75. The summed E-state index contributed by atoms with van der Waals surface area (Å²) >= 11 is 3.73. The van der Waals surface area contributed by atoms with E-state index in [2.05, 4.69) is 58.2 Å². The molecular weight excluding hydrogens is 312 g/mol. The monoisotopic (exact) mass is 338 g/mol. The molecule has 0 radical (unpaired) electrons. The van der Waals surface area contributed by atoms with E-state index in [4.69, 9.17) is 0 Å². The molecule has 1 aliphatic rings. The van der Waals surface area contributed by atoms with Crippen molar-refractivity contribution < 1.29 is 0 Å². The minimum Gasteiger partial charge on any atom is -0.316 e. The maximum atomic E-state index is 3.73. The molecular formula is C17H27BrN2. The van der Waals surface area contributed by atoms with Crippen LogP contribution in [0, 0.1) is 5.41 Å². The third-order valence-electron chi connectivity index (χ3n) is 4.91. The highest BCUT2D eigenvalue weighted by Crippen LogP contribution is 2.37. The lowest BCUT2D eigenvalue weighted by Crippen LogP contribution is -2.26. The summed E-state index contributed by atoms with van der Waals surface area (Å²) in [4.78, 5) is 2.62. The molecule has 0 aromatic heterocycles. The average molecular weight is 339 g/mol. The van der Waals surface area contributed by atoms with Gasteiger partial charge in [0.2, 0.25) is 0 Å². The lowest BCUT2D eigenvalue weighted by Gasteiger charge is -2.26. The van der Waals surface area contributed by atoms with Crippen molar-refractivity contribution in [2.45, 2.75) is 46.2 Å². The lowest BCUT2D eigenvalue weighted by atomic mass is 9.82. The fourth-order valence-electron chi connectivity index (χ4n) is 3.26. The number of halogens is 1. The van der Waals surface area contributed by atoms with Crippen LogP contribution in [0.25, 0.3) is 0 Å². The van der Waals surface area contributed by atoms with Gasteiger partial charge in [0.05, 0.1) is 0 Å². The molecule has 2 rings (SSSR count). The molecule has 3 heteroatoms. The third-order valence-corrected chi connectivity index (χ3v) is 5.65. The Labute approximate surface area is 132 Å². The standard InChI is InChI=1S/C17H27BrN2/c1-4-17(5-2)8-9-20(13-17)12-15-7-6-14(11-19-3)10-16(15)18/h6-7,10,19H,4-5,8-9,11-13H2,1-3H3. The van der Waals surface area contributed by atoms with Crippen LogP contribution in [0.1, 0.15) is 44.2 Å². The molecule has 1 aromatic carbocycles. The van der Waals surface area contributed by atoms with Gasteiger partial charge in [0.1, 0.15) is 0 Å². The van der Waals surface area contributed by atoms with Crippen LogP contribution in [0.4, 0.5) is 0 Å². The molecule has 0 aliphatic carbocycles. The predicted molar refractivity (Wildman–Crippen MR) is 89.8 cm³/mol. The van der Waals surface area contributed by atoms with Crippen LogP contribution in [0.15, 0.2) is 22.7 Å². The Hall–Kier alpha value is -0.380. The summed E-state index contributed by atoms with van der Waals surface area (Å²) in [5.74, 6) is 0. The number of hydrogen-bond donors (Lipinski definition) is 1. The highest BCUT2D eigenvalue weighted by Gasteiger charge is 2.34. The Bertz CT molecular complexity index is 441. The zero-order valence-electron chi connectivity index (χ0n) is 13.0. The summed E-state index contributed by atoms with van der Waals surface area (Å²) < 4.78 is 1.25. The van der Waals surface area contributed by atoms with Crippen molar-refractivity contribution in [3.05, 3.63) is 33.8 Å². The number of benzene rings is 1. The molecule has 0 spiro atoms. The van der Waals surface area contributed by atoms with Crippen molar-refractivity contribution in [3.8, 4) is 0 Å². The first-order valence-electron chi connectivity index (χ1n) is 7.76.